The number of aromatic amines is 1. The lowest BCUT2D eigenvalue weighted by atomic mass is 9.80. The van der Waals surface area contributed by atoms with E-state index in [1.807, 2.05) is 19.2 Å². The first kappa shape index (κ1) is 20.5. The average Bonchev–Trinajstić information content (AvgIpc) is 3.40. The van der Waals surface area contributed by atoms with E-state index in [1.54, 1.807) is 30.6 Å². The number of nitrogens with one attached hydrogen (secondary N) is 2. The van der Waals surface area contributed by atoms with E-state index in [0.717, 1.165) is 54.8 Å². The number of nitrogens with zero attached hydrogens (tertiary/aromatic N) is 4. The van der Waals surface area contributed by atoms with Gasteiger partial charge in [-0.25, -0.2) is 9.97 Å². The SMILES string of the molecule is C[C@](CO)(NC(=O)[C@H]1CCN(c2ncnc3[nH]ccc23)CC12CC2)c1ccc(C#N)cc1. The Morgan fingerprint density at radius 3 is 2.81 bits per heavy atom. The minimum absolute atomic E-state index is 0.0162. The molecule has 0 unspecified atom stereocenters. The number of fused-ring (bicyclic) bond motifs is 1. The summed E-state index contributed by atoms with van der Waals surface area (Å²) in [6, 6.07) is 11.1. The summed E-state index contributed by atoms with van der Waals surface area (Å²) < 4.78 is 0. The summed E-state index contributed by atoms with van der Waals surface area (Å²) in [6.07, 6.45) is 6.20. The fraction of sp³-hybridized carbons (Fsp3) is 0.417. The Morgan fingerprint density at radius 1 is 1.34 bits per heavy atom. The lowest BCUT2D eigenvalue weighted by Gasteiger charge is -2.41. The molecule has 32 heavy (non-hydrogen) atoms. The molecule has 1 spiro atoms. The zero-order valence-electron chi connectivity index (χ0n) is 18.0. The van der Waals surface area contributed by atoms with Crippen LogP contribution in [0, 0.1) is 22.7 Å². The van der Waals surface area contributed by atoms with Crippen molar-refractivity contribution in [1.29, 1.82) is 5.26 Å². The first-order valence-electron chi connectivity index (χ1n) is 10.9. The number of H-pyrrole nitrogens is 1. The third kappa shape index (κ3) is 3.39. The summed E-state index contributed by atoms with van der Waals surface area (Å²) in [4.78, 5) is 27.6. The number of aromatic nitrogens is 3. The highest BCUT2D eigenvalue weighted by atomic mass is 16.3. The molecule has 8 nitrogen and oxygen atoms in total. The fourth-order valence-corrected chi connectivity index (χ4v) is 5.00. The van der Waals surface area contributed by atoms with Crippen LogP contribution in [0.1, 0.15) is 37.3 Å². The van der Waals surface area contributed by atoms with Crippen LogP contribution in [0.4, 0.5) is 5.82 Å². The quantitative estimate of drug-likeness (QED) is 0.572. The topological polar surface area (TPSA) is 118 Å². The molecule has 2 fully saturated rings. The molecule has 5 rings (SSSR count). The number of amides is 1. The first-order valence-corrected chi connectivity index (χ1v) is 10.9. The summed E-state index contributed by atoms with van der Waals surface area (Å²) in [5, 5.41) is 23.3. The predicted octanol–water partition coefficient (Wildman–Crippen LogP) is 2.46. The largest absolute Gasteiger partial charge is 0.394 e. The van der Waals surface area contributed by atoms with Crippen molar-refractivity contribution in [2.75, 3.05) is 24.6 Å². The van der Waals surface area contributed by atoms with Crippen molar-refractivity contribution in [3.8, 4) is 6.07 Å². The van der Waals surface area contributed by atoms with Crippen molar-refractivity contribution < 1.29 is 9.90 Å². The molecular weight excluding hydrogens is 404 g/mol. The van der Waals surface area contributed by atoms with Crippen LogP contribution in [0.5, 0.6) is 0 Å². The molecule has 3 heterocycles. The minimum atomic E-state index is -0.901. The Bertz CT molecular complexity index is 1190. The number of anilines is 1. The number of aliphatic hydroxyl groups is 1. The molecule has 1 aliphatic heterocycles. The van der Waals surface area contributed by atoms with Crippen molar-refractivity contribution in [2.24, 2.45) is 11.3 Å². The average molecular weight is 431 g/mol. The van der Waals surface area contributed by atoms with Gasteiger partial charge in [-0.3, -0.25) is 4.79 Å². The Kier molecular flexibility index (Phi) is 4.86. The van der Waals surface area contributed by atoms with E-state index in [9.17, 15) is 9.90 Å². The third-order valence-electron chi connectivity index (χ3n) is 7.14. The van der Waals surface area contributed by atoms with Gasteiger partial charge in [0.05, 0.1) is 29.2 Å². The molecule has 1 aliphatic carbocycles. The van der Waals surface area contributed by atoms with E-state index in [1.165, 1.54) is 0 Å². The van der Waals surface area contributed by atoms with E-state index >= 15 is 0 Å². The standard InChI is InChI=1S/C24H26N6O2/c1-23(14-31,17-4-2-16(12-25)3-5-17)29-22(32)19-7-11-30(13-24(19)8-9-24)21-18-6-10-26-20(18)27-15-28-21/h2-6,10,15,19,31H,7-9,11,13-14H2,1H3,(H,29,32)(H,26,27,28)/t19-,23-/m1/s1. The number of carbonyl (C=O) groups excluding carboxylic acids is 1. The van der Waals surface area contributed by atoms with Crippen LogP contribution in [0.2, 0.25) is 0 Å². The molecule has 0 bridgehead atoms. The van der Waals surface area contributed by atoms with Gasteiger partial charge in [0.25, 0.3) is 0 Å². The first-order chi connectivity index (χ1) is 15.5. The molecule has 164 valence electrons. The van der Waals surface area contributed by atoms with Crippen LogP contribution in [0.3, 0.4) is 0 Å². The van der Waals surface area contributed by atoms with Gasteiger partial charge >= 0.3 is 0 Å². The molecule has 3 aromatic rings. The maximum absolute atomic E-state index is 13.4. The lowest BCUT2D eigenvalue weighted by molar-refractivity contribution is -0.130. The van der Waals surface area contributed by atoms with Gasteiger partial charge in [0, 0.05) is 25.2 Å². The predicted molar refractivity (Wildman–Crippen MR) is 120 cm³/mol. The van der Waals surface area contributed by atoms with Crippen LogP contribution in [-0.4, -0.2) is 45.7 Å². The normalized spacial score (nSPS) is 21.2. The van der Waals surface area contributed by atoms with Gasteiger partial charge in [0.1, 0.15) is 17.8 Å². The maximum atomic E-state index is 13.4. The number of nitriles is 1. The highest BCUT2D eigenvalue weighted by molar-refractivity contribution is 5.88. The van der Waals surface area contributed by atoms with Crippen molar-refractivity contribution in [3.63, 3.8) is 0 Å². The molecule has 1 saturated heterocycles. The zero-order chi connectivity index (χ0) is 22.3. The van der Waals surface area contributed by atoms with E-state index in [4.69, 9.17) is 5.26 Å². The van der Waals surface area contributed by atoms with Crippen molar-refractivity contribution in [1.82, 2.24) is 20.3 Å². The van der Waals surface area contributed by atoms with Crippen molar-refractivity contribution >= 4 is 22.8 Å². The van der Waals surface area contributed by atoms with Gasteiger partial charge in [-0.05, 0) is 55.4 Å². The number of hydrogen-bond acceptors (Lipinski definition) is 6. The molecule has 2 aromatic heterocycles. The van der Waals surface area contributed by atoms with Gasteiger partial charge in [0.2, 0.25) is 5.91 Å². The van der Waals surface area contributed by atoms with E-state index in [0.29, 0.717) is 5.56 Å². The monoisotopic (exact) mass is 430 g/mol. The van der Waals surface area contributed by atoms with Gasteiger partial charge in [0.15, 0.2) is 0 Å². The van der Waals surface area contributed by atoms with Gasteiger partial charge in [-0.15, -0.1) is 0 Å². The highest BCUT2D eigenvalue weighted by Crippen LogP contribution is 2.56. The van der Waals surface area contributed by atoms with Crippen molar-refractivity contribution in [3.05, 3.63) is 54.0 Å². The van der Waals surface area contributed by atoms with Crippen LogP contribution >= 0.6 is 0 Å². The number of benzene rings is 1. The summed E-state index contributed by atoms with van der Waals surface area (Å²) in [5.41, 5.74) is 1.19. The van der Waals surface area contributed by atoms with Gasteiger partial charge in [-0.1, -0.05) is 12.1 Å². The van der Waals surface area contributed by atoms with Crippen LogP contribution < -0.4 is 10.2 Å². The van der Waals surface area contributed by atoms with Crippen LogP contribution in [-0.2, 0) is 10.3 Å². The maximum Gasteiger partial charge on any atom is 0.224 e. The molecular formula is C24H26N6O2. The molecule has 0 radical (unpaired) electrons. The van der Waals surface area contributed by atoms with E-state index < -0.39 is 5.54 Å². The summed E-state index contributed by atoms with van der Waals surface area (Å²) in [5.74, 6) is 0.795. The second kappa shape index (κ2) is 7.61. The van der Waals surface area contributed by atoms with Crippen LogP contribution in [0.25, 0.3) is 11.0 Å². The van der Waals surface area contributed by atoms with Gasteiger partial charge in [-0.2, -0.15) is 5.26 Å². The molecule has 1 saturated carbocycles. The second-order valence-electron chi connectivity index (χ2n) is 9.23. The summed E-state index contributed by atoms with van der Waals surface area (Å²) in [7, 11) is 0. The minimum Gasteiger partial charge on any atom is -0.394 e. The Morgan fingerprint density at radius 2 is 2.12 bits per heavy atom. The Hall–Kier alpha value is -3.44. The Labute approximate surface area is 186 Å². The number of piperidine rings is 1. The molecule has 1 amide bonds. The summed E-state index contributed by atoms with van der Waals surface area (Å²) in [6.45, 7) is 3.13. The number of rotatable bonds is 5. The van der Waals surface area contributed by atoms with E-state index in [-0.39, 0.29) is 23.8 Å². The lowest BCUT2D eigenvalue weighted by Crippen LogP contribution is -2.53. The number of hydrogen-bond donors (Lipinski definition) is 3. The molecule has 3 N–H and O–H groups in total. The molecule has 2 aliphatic rings. The molecule has 8 heteroatoms. The highest BCUT2D eigenvalue weighted by Gasteiger charge is 2.56. The van der Waals surface area contributed by atoms with E-state index in [2.05, 4.69) is 31.2 Å². The number of carbonyl (C=O) groups is 1. The zero-order valence-corrected chi connectivity index (χ0v) is 18.0. The molecule has 1 aromatic carbocycles. The second-order valence-corrected chi connectivity index (χ2v) is 9.23. The summed E-state index contributed by atoms with van der Waals surface area (Å²) >= 11 is 0. The van der Waals surface area contributed by atoms with Crippen LogP contribution in [0.15, 0.2) is 42.9 Å². The molecule has 2 atom stereocenters. The van der Waals surface area contributed by atoms with Crippen molar-refractivity contribution in [2.45, 2.75) is 31.7 Å². The third-order valence-corrected chi connectivity index (χ3v) is 7.14. The Balaban J connectivity index is 1.34. The van der Waals surface area contributed by atoms with Gasteiger partial charge < -0.3 is 20.3 Å². The smallest absolute Gasteiger partial charge is 0.224 e. The number of aliphatic hydroxyl groups excluding tert-OH is 1. The fourth-order valence-electron chi connectivity index (χ4n) is 5.00.